The van der Waals surface area contributed by atoms with Crippen LogP contribution in [0.4, 0.5) is 24.7 Å². The smallest absolute Gasteiger partial charge is 0.242 e. The summed E-state index contributed by atoms with van der Waals surface area (Å²) in [5, 5.41) is 3.10. The summed E-state index contributed by atoms with van der Waals surface area (Å²) in [6.07, 6.45) is 0. The molecule has 0 fully saturated rings. The number of fused-ring (bicyclic) bond motifs is 1. The molecule has 1 amide bonds. The van der Waals surface area contributed by atoms with E-state index < -0.39 is 23.0 Å². The number of rotatable bonds is 5. The predicted octanol–water partition coefficient (Wildman–Crippen LogP) is 3.80. The highest BCUT2D eigenvalue weighted by atomic mass is 19.2. The number of carbonyl (C=O) groups excluding carboxylic acids is 1. The summed E-state index contributed by atoms with van der Waals surface area (Å²) in [4.78, 5) is 19.0. The van der Waals surface area contributed by atoms with E-state index in [4.69, 9.17) is 10.5 Å². The Morgan fingerprint density at radius 2 is 1.85 bits per heavy atom. The van der Waals surface area contributed by atoms with Crippen LogP contribution in [0, 0.1) is 17.5 Å². The SMILES string of the molecule is COc1cc(Nc2c(-c3ccc(F)cc3)nc3n2CCN(C(=O)C(C)(C)N)C3)cc(F)c1F. The van der Waals surface area contributed by atoms with Gasteiger partial charge < -0.3 is 25.3 Å². The lowest BCUT2D eigenvalue weighted by Gasteiger charge is -2.33. The number of aromatic nitrogens is 2. The number of anilines is 2. The summed E-state index contributed by atoms with van der Waals surface area (Å²) in [6, 6.07) is 8.12. The molecule has 7 nitrogen and oxygen atoms in total. The van der Waals surface area contributed by atoms with Crippen molar-refractivity contribution in [3.63, 3.8) is 0 Å². The molecule has 1 aliphatic rings. The van der Waals surface area contributed by atoms with Crippen molar-refractivity contribution in [3.05, 3.63) is 59.7 Å². The molecular formula is C23H24F3N5O2. The highest BCUT2D eigenvalue weighted by molar-refractivity contribution is 5.85. The maximum Gasteiger partial charge on any atom is 0.242 e. The van der Waals surface area contributed by atoms with Crippen LogP contribution in [0.2, 0.25) is 0 Å². The number of ether oxygens (including phenoxy) is 1. The molecular weight excluding hydrogens is 435 g/mol. The van der Waals surface area contributed by atoms with Gasteiger partial charge >= 0.3 is 0 Å². The van der Waals surface area contributed by atoms with Gasteiger partial charge in [0.25, 0.3) is 0 Å². The fraction of sp³-hybridized carbons (Fsp3) is 0.304. The number of hydrogen-bond acceptors (Lipinski definition) is 5. The van der Waals surface area contributed by atoms with Gasteiger partial charge in [-0.05, 0) is 38.1 Å². The Morgan fingerprint density at radius 1 is 1.15 bits per heavy atom. The van der Waals surface area contributed by atoms with Gasteiger partial charge in [-0.2, -0.15) is 4.39 Å². The number of halogens is 3. The lowest BCUT2D eigenvalue weighted by molar-refractivity contribution is -0.137. The number of hydrogen-bond donors (Lipinski definition) is 2. The molecule has 174 valence electrons. The molecule has 33 heavy (non-hydrogen) atoms. The van der Waals surface area contributed by atoms with E-state index >= 15 is 0 Å². The zero-order valence-electron chi connectivity index (χ0n) is 18.5. The van der Waals surface area contributed by atoms with Crippen LogP contribution in [0.1, 0.15) is 19.7 Å². The van der Waals surface area contributed by atoms with E-state index in [-0.39, 0.29) is 23.9 Å². The third-order valence-electron chi connectivity index (χ3n) is 5.41. The number of amides is 1. The molecule has 3 aromatic rings. The van der Waals surface area contributed by atoms with E-state index in [1.807, 2.05) is 4.57 Å². The van der Waals surface area contributed by atoms with E-state index in [0.29, 0.717) is 36.0 Å². The molecule has 0 unspecified atom stereocenters. The molecule has 0 radical (unpaired) electrons. The number of nitrogens with zero attached hydrogens (tertiary/aromatic N) is 3. The van der Waals surface area contributed by atoms with Crippen molar-refractivity contribution in [2.75, 3.05) is 19.0 Å². The molecule has 0 aliphatic carbocycles. The Hall–Kier alpha value is -3.53. The molecule has 10 heteroatoms. The molecule has 0 spiro atoms. The maximum absolute atomic E-state index is 14.1. The summed E-state index contributed by atoms with van der Waals surface area (Å²) in [5.74, 6) is -1.93. The van der Waals surface area contributed by atoms with Crippen LogP contribution in [0.5, 0.6) is 5.75 Å². The third kappa shape index (κ3) is 4.38. The van der Waals surface area contributed by atoms with Crippen molar-refractivity contribution in [1.29, 1.82) is 0 Å². The number of benzene rings is 2. The first-order valence-electron chi connectivity index (χ1n) is 10.3. The second-order valence-electron chi connectivity index (χ2n) is 8.43. The molecule has 0 saturated carbocycles. The standard InChI is InChI=1S/C23H24F3N5O2/c1-23(2,27)22(32)30-8-9-31-18(12-30)29-20(13-4-6-14(24)7-5-13)21(31)28-15-10-16(25)19(26)17(11-15)33-3/h4-7,10-11,28H,8-9,12,27H2,1-3H3. The number of methoxy groups -OCH3 is 1. The van der Waals surface area contributed by atoms with Crippen molar-refractivity contribution >= 4 is 17.4 Å². The second kappa shape index (κ2) is 8.43. The number of imidazole rings is 1. The van der Waals surface area contributed by atoms with Gasteiger partial charge in [0, 0.05) is 36.5 Å². The Morgan fingerprint density at radius 3 is 2.48 bits per heavy atom. The van der Waals surface area contributed by atoms with E-state index in [2.05, 4.69) is 10.3 Å². The Balaban J connectivity index is 1.78. The van der Waals surface area contributed by atoms with Crippen LogP contribution in [-0.2, 0) is 17.9 Å². The van der Waals surface area contributed by atoms with Crippen LogP contribution < -0.4 is 15.8 Å². The normalized spacial score (nSPS) is 13.6. The summed E-state index contributed by atoms with van der Waals surface area (Å²) in [6.45, 7) is 4.29. The van der Waals surface area contributed by atoms with Crippen molar-refractivity contribution in [3.8, 4) is 17.0 Å². The van der Waals surface area contributed by atoms with Crippen molar-refractivity contribution in [2.45, 2.75) is 32.5 Å². The summed E-state index contributed by atoms with van der Waals surface area (Å²) >= 11 is 0. The summed E-state index contributed by atoms with van der Waals surface area (Å²) < 4.78 is 48.3. The van der Waals surface area contributed by atoms with E-state index in [9.17, 15) is 18.0 Å². The summed E-state index contributed by atoms with van der Waals surface area (Å²) in [5.41, 5.74) is 6.30. The Kier molecular flexibility index (Phi) is 5.79. The second-order valence-corrected chi connectivity index (χ2v) is 8.43. The molecule has 0 bridgehead atoms. The monoisotopic (exact) mass is 459 g/mol. The predicted molar refractivity (Wildman–Crippen MR) is 117 cm³/mol. The molecule has 3 N–H and O–H groups in total. The van der Waals surface area contributed by atoms with Gasteiger partial charge in [-0.15, -0.1) is 0 Å². The molecule has 1 aliphatic heterocycles. The fourth-order valence-electron chi connectivity index (χ4n) is 3.77. The minimum atomic E-state index is -1.09. The lowest BCUT2D eigenvalue weighted by atomic mass is 10.1. The van der Waals surface area contributed by atoms with Crippen molar-refractivity contribution in [2.24, 2.45) is 5.73 Å². The Labute approximate surface area is 189 Å². The van der Waals surface area contributed by atoms with Gasteiger partial charge in [0.1, 0.15) is 23.2 Å². The average molecular weight is 459 g/mol. The lowest BCUT2D eigenvalue weighted by Crippen LogP contribution is -2.52. The minimum absolute atomic E-state index is 0.208. The first-order chi connectivity index (χ1) is 15.6. The first kappa shape index (κ1) is 22.7. The van der Waals surface area contributed by atoms with Gasteiger partial charge in [0.05, 0.1) is 19.2 Å². The maximum atomic E-state index is 14.1. The minimum Gasteiger partial charge on any atom is -0.493 e. The molecule has 4 rings (SSSR count). The molecule has 0 atom stereocenters. The average Bonchev–Trinajstić information content (AvgIpc) is 3.12. The van der Waals surface area contributed by atoms with Gasteiger partial charge in [0.2, 0.25) is 11.7 Å². The van der Waals surface area contributed by atoms with Crippen molar-refractivity contribution in [1.82, 2.24) is 14.5 Å². The topological polar surface area (TPSA) is 85.4 Å². The summed E-state index contributed by atoms with van der Waals surface area (Å²) in [7, 11) is 1.25. The van der Waals surface area contributed by atoms with Gasteiger partial charge in [-0.1, -0.05) is 0 Å². The van der Waals surface area contributed by atoms with Gasteiger partial charge in [-0.25, -0.2) is 13.8 Å². The Bertz CT molecular complexity index is 1200. The fourth-order valence-corrected chi connectivity index (χ4v) is 3.77. The van der Waals surface area contributed by atoms with E-state index in [0.717, 1.165) is 6.07 Å². The van der Waals surface area contributed by atoms with E-state index in [1.165, 1.54) is 25.3 Å². The van der Waals surface area contributed by atoms with Gasteiger partial charge in [-0.3, -0.25) is 4.79 Å². The first-order valence-corrected chi connectivity index (χ1v) is 10.3. The van der Waals surface area contributed by atoms with Gasteiger partial charge in [0.15, 0.2) is 11.6 Å². The third-order valence-corrected chi connectivity index (χ3v) is 5.41. The molecule has 2 heterocycles. The number of nitrogens with two attached hydrogens (primary N) is 1. The highest BCUT2D eigenvalue weighted by Gasteiger charge is 2.32. The zero-order chi connectivity index (χ0) is 23.9. The van der Waals surface area contributed by atoms with Crippen molar-refractivity contribution < 1.29 is 22.7 Å². The van der Waals surface area contributed by atoms with Crippen LogP contribution >= 0.6 is 0 Å². The molecule has 1 aromatic heterocycles. The number of nitrogens with one attached hydrogen (secondary N) is 1. The van der Waals surface area contributed by atoms with Crippen LogP contribution in [0.3, 0.4) is 0 Å². The largest absolute Gasteiger partial charge is 0.493 e. The zero-order valence-corrected chi connectivity index (χ0v) is 18.5. The van der Waals surface area contributed by atoms with Crippen LogP contribution in [0.25, 0.3) is 11.3 Å². The van der Waals surface area contributed by atoms with Crippen LogP contribution in [-0.4, -0.2) is 39.6 Å². The highest BCUT2D eigenvalue weighted by Crippen LogP contribution is 2.35. The number of carbonyl (C=O) groups is 1. The molecule has 0 saturated heterocycles. The van der Waals surface area contributed by atoms with E-state index in [1.54, 1.807) is 30.9 Å². The quantitative estimate of drug-likeness (QED) is 0.606. The van der Waals surface area contributed by atoms with Crippen LogP contribution in [0.15, 0.2) is 36.4 Å². The molecule has 2 aromatic carbocycles.